The molecule has 20 heavy (non-hydrogen) atoms. The summed E-state index contributed by atoms with van der Waals surface area (Å²) in [5, 5.41) is 3.22. The predicted octanol–water partition coefficient (Wildman–Crippen LogP) is 2.09. The highest BCUT2D eigenvalue weighted by Gasteiger charge is 2.13. The Morgan fingerprint density at radius 1 is 1.35 bits per heavy atom. The van der Waals surface area contributed by atoms with E-state index in [1.165, 1.54) is 37.9 Å². The molecule has 110 valence electrons. The van der Waals surface area contributed by atoms with Crippen LogP contribution in [0.3, 0.4) is 0 Å². The van der Waals surface area contributed by atoms with E-state index in [-0.39, 0.29) is 4.90 Å². The van der Waals surface area contributed by atoms with Crippen molar-refractivity contribution in [3.05, 3.63) is 29.8 Å². The molecule has 0 radical (unpaired) electrons. The summed E-state index contributed by atoms with van der Waals surface area (Å²) in [4.78, 5) is 0.219. The van der Waals surface area contributed by atoms with Gasteiger partial charge in [0.2, 0.25) is 10.0 Å². The Bertz CT molecular complexity index is 609. The number of hydrogen-bond donors (Lipinski definition) is 3. The number of nitrogens with one attached hydrogen (secondary N) is 2. The fourth-order valence-corrected chi connectivity index (χ4v) is 3.05. The first-order valence-electron chi connectivity index (χ1n) is 6.78. The first kappa shape index (κ1) is 14.9. The summed E-state index contributed by atoms with van der Waals surface area (Å²) in [7, 11) is -2.04. The quantitative estimate of drug-likeness (QED) is 0.554. The van der Waals surface area contributed by atoms with Gasteiger partial charge < -0.3 is 11.1 Å². The fourth-order valence-electron chi connectivity index (χ4n) is 2.30. The van der Waals surface area contributed by atoms with Gasteiger partial charge >= 0.3 is 0 Å². The average Bonchev–Trinajstić information content (AvgIpc) is 2.94. The van der Waals surface area contributed by atoms with Gasteiger partial charge in [0.1, 0.15) is 0 Å². The fraction of sp³-hybridized carbons (Fsp3) is 0.429. The van der Waals surface area contributed by atoms with Gasteiger partial charge in [0.15, 0.2) is 0 Å². The molecule has 5 nitrogen and oxygen atoms in total. The molecule has 1 aromatic carbocycles. The monoisotopic (exact) mass is 295 g/mol. The van der Waals surface area contributed by atoms with Crippen molar-refractivity contribution >= 4 is 21.4 Å². The van der Waals surface area contributed by atoms with Crippen molar-refractivity contribution in [3.63, 3.8) is 0 Å². The zero-order chi connectivity index (χ0) is 14.6. The van der Waals surface area contributed by atoms with Gasteiger partial charge in [-0.1, -0.05) is 11.6 Å². The highest BCUT2D eigenvalue weighted by molar-refractivity contribution is 7.89. The minimum Gasteiger partial charge on any atom is -0.397 e. The van der Waals surface area contributed by atoms with Crippen LogP contribution in [0.1, 0.15) is 25.7 Å². The Hall–Kier alpha value is -1.53. The van der Waals surface area contributed by atoms with Crippen molar-refractivity contribution in [1.29, 1.82) is 0 Å². The van der Waals surface area contributed by atoms with Crippen LogP contribution in [0, 0.1) is 0 Å². The third-order valence-corrected chi connectivity index (χ3v) is 4.91. The lowest BCUT2D eigenvalue weighted by molar-refractivity contribution is 0.588. The minimum absolute atomic E-state index is 0.219. The van der Waals surface area contributed by atoms with Gasteiger partial charge in [-0.05, 0) is 50.9 Å². The standard InChI is InChI=1S/C14H21N3O2S/c1-16-20(18,19)12-6-7-13(15)14(10-12)17-9-8-11-4-2-3-5-11/h4,6-7,10,16-17H,2-3,5,8-9,15H2,1H3. The molecule has 0 unspecified atom stereocenters. The summed E-state index contributed by atoms with van der Waals surface area (Å²) in [6.07, 6.45) is 6.85. The topological polar surface area (TPSA) is 84.2 Å². The molecule has 0 heterocycles. The van der Waals surface area contributed by atoms with Crippen molar-refractivity contribution in [2.75, 3.05) is 24.6 Å². The van der Waals surface area contributed by atoms with Gasteiger partial charge in [0.25, 0.3) is 0 Å². The minimum atomic E-state index is -3.44. The molecule has 0 fully saturated rings. The van der Waals surface area contributed by atoms with Crippen molar-refractivity contribution in [2.24, 2.45) is 0 Å². The van der Waals surface area contributed by atoms with Crippen molar-refractivity contribution < 1.29 is 8.42 Å². The molecule has 0 spiro atoms. The second kappa shape index (κ2) is 6.28. The van der Waals surface area contributed by atoms with E-state index in [1.807, 2.05) is 0 Å². The number of allylic oxidation sites excluding steroid dienone is 1. The Kier molecular flexibility index (Phi) is 4.67. The van der Waals surface area contributed by atoms with Gasteiger partial charge in [-0.2, -0.15) is 0 Å². The van der Waals surface area contributed by atoms with E-state index in [0.29, 0.717) is 11.4 Å². The Morgan fingerprint density at radius 3 is 2.80 bits per heavy atom. The van der Waals surface area contributed by atoms with E-state index in [2.05, 4.69) is 16.1 Å². The second-order valence-corrected chi connectivity index (χ2v) is 6.77. The molecule has 0 saturated heterocycles. The van der Waals surface area contributed by atoms with Gasteiger partial charge in [-0.15, -0.1) is 0 Å². The molecule has 0 amide bonds. The van der Waals surface area contributed by atoms with Crippen molar-refractivity contribution in [3.8, 4) is 0 Å². The number of anilines is 2. The summed E-state index contributed by atoms with van der Waals surface area (Å²) < 4.78 is 25.8. The van der Waals surface area contributed by atoms with Crippen LogP contribution in [0.5, 0.6) is 0 Å². The smallest absolute Gasteiger partial charge is 0.240 e. The summed E-state index contributed by atoms with van der Waals surface area (Å²) in [6.45, 7) is 0.763. The number of nitrogen functional groups attached to an aromatic ring is 1. The number of nitrogens with two attached hydrogens (primary N) is 1. The Balaban J connectivity index is 2.05. The van der Waals surface area contributed by atoms with Crippen LogP contribution in [0.4, 0.5) is 11.4 Å². The average molecular weight is 295 g/mol. The lowest BCUT2D eigenvalue weighted by Crippen LogP contribution is -2.19. The molecular weight excluding hydrogens is 274 g/mol. The van der Waals surface area contributed by atoms with Crippen LogP contribution >= 0.6 is 0 Å². The molecule has 0 saturated carbocycles. The molecular formula is C14H21N3O2S. The third-order valence-electron chi connectivity index (χ3n) is 3.50. The van der Waals surface area contributed by atoms with Crippen LogP contribution in [0.15, 0.2) is 34.7 Å². The van der Waals surface area contributed by atoms with Crippen LogP contribution in [-0.4, -0.2) is 22.0 Å². The van der Waals surface area contributed by atoms with Crippen molar-refractivity contribution in [2.45, 2.75) is 30.6 Å². The van der Waals surface area contributed by atoms with E-state index >= 15 is 0 Å². The van der Waals surface area contributed by atoms with Gasteiger partial charge in [0, 0.05) is 6.54 Å². The molecule has 0 bridgehead atoms. The zero-order valence-corrected chi connectivity index (χ0v) is 12.5. The number of sulfonamides is 1. The maximum absolute atomic E-state index is 11.8. The summed E-state index contributed by atoms with van der Waals surface area (Å²) in [6, 6.07) is 4.69. The lowest BCUT2D eigenvalue weighted by atomic mass is 10.1. The number of rotatable bonds is 6. The first-order valence-corrected chi connectivity index (χ1v) is 8.26. The second-order valence-electron chi connectivity index (χ2n) is 4.89. The van der Waals surface area contributed by atoms with Gasteiger partial charge in [-0.25, -0.2) is 13.1 Å². The molecule has 0 aliphatic heterocycles. The van der Waals surface area contributed by atoms with E-state index in [0.717, 1.165) is 13.0 Å². The molecule has 0 aromatic heterocycles. The summed E-state index contributed by atoms with van der Waals surface area (Å²) in [5.74, 6) is 0. The molecule has 2 rings (SSSR count). The molecule has 4 N–H and O–H groups in total. The SMILES string of the molecule is CNS(=O)(=O)c1ccc(N)c(NCCC2=CCCC2)c1. The third kappa shape index (κ3) is 3.52. The van der Waals surface area contributed by atoms with Crippen LogP contribution < -0.4 is 15.8 Å². The normalized spacial score (nSPS) is 15.2. The largest absolute Gasteiger partial charge is 0.397 e. The van der Waals surface area contributed by atoms with Crippen molar-refractivity contribution in [1.82, 2.24) is 4.72 Å². The van der Waals surface area contributed by atoms with E-state index in [9.17, 15) is 8.42 Å². The van der Waals surface area contributed by atoms with E-state index in [1.54, 1.807) is 12.1 Å². The number of hydrogen-bond acceptors (Lipinski definition) is 4. The van der Waals surface area contributed by atoms with Gasteiger partial charge in [-0.3, -0.25) is 0 Å². The highest BCUT2D eigenvalue weighted by Crippen LogP contribution is 2.24. The molecule has 1 aromatic rings. The summed E-state index contributed by atoms with van der Waals surface area (Å²) >= 11 is 0. The first-order chi connectivity index (χ1) is 9.53. The van der Waals surface area contributed by atoms with Crippen LogP contribution in [-0.2, 0) is 10.0 Å². The lowest BCUT2D eigenvalue weighted by Gasteiger charge is -2.12. The van der Waals surface area contributed by atoms with Gasteiger partial charge in [0.05, 0.1) is 16.3 Å². The number of benzene rings is 1. The maximum atomic E-state index is 11.8. The zero-order valence-electron chi connectivity index (χ0n) is 11.6. The molecule has 0 atom stereocenters. The molecule has 6 heteroatoms. The molecule has 1 aliphatic rings. The van der Waals surface area contributed by atoms with Crippen LogP contribution in [0.25, 0.3) is 0 Å². The Morgan fingerprint density at radius 2 is 2.15 bits per heavy atom. The molecule has 1 aliphatic carbocycles. The maximum Gasteiger partial charge on any atom is 0.240 e. The predicted molar refractivity (Wildman–Crippen MR) is 82.1 cm³/mol. The summed E-state index contributed by atoms with van der Waals surface area (Å²) in [5.41, 5.74) is 8.57. The Labute approximate surface area is 120 Å². The van der Waals surface area contributed by atoms with E-state index < -0.39 is 10.0 Å². The van der Waals surface area contributed by atoms with Crippen LogP contribution in [0.2, 0.25) is 0 Å². The van der Waals surface area contributed by atoms with E-state index in [4.69, 9.17) is 5.73 Å². The highest BCUT2D eigenvalue weighted by atomic mass is 32.2.